The van der Waals surface area contributed by atoms with Gasteiger partial charge in [-0.05, 0) is 5.56 Å². The van der Waals surface area contributed by atoms with Crippen molar-refractivity contribution in [3.63, 3.8) is 0 Å². The molecule has 3 aromatic rings. The van der Waals surface area contributed by atoms with E-state index in [2.05, 4.69) is 26.2 Å². The van der Waals surface area contributed by atoms with E-state index in [0.29, 0.717) is 23.3 Å². The summed E-state index contributed by atoms with van der Waals surface area (Å²) in [5.74, 6) is 0.587. The van der Waals surface area contributed by atoms with Crippen molar-refractivity contribution in [1.82, 2.24) is 14.9 Å². The third-order valence-electron chi connectivity index (χ3n) is 4.37. The zero-order valence-electron chi connectivity index (χ0n) is 16.0. The SMILES string of the molecule is CCc1nc(-c2ccccc2)cc(=O)n1C(CBr)NC(=O)OCc1ccccc1. The number of hydrogen-bond donors (Lipinski definition) is 1. The molecule has 1 atom stereocenters. The van der Waals surface area contributed by atoms with Gasteiger partial charge in [0.25, 0.3) is 5.56 Å². The van der Waals surface area contributed by atoms with E-state index >= 15 is 0 Å². The molecule has 150 valence electrons. The molecular formula is C22H22BrN3O3. The lowest BCUT2D eigenvalue weighted by Gasteiger charge is -2.22. The number of amides is 1. The molecule has 1 unspecified atom stereocenters. The molecule has 7 heteroatoms. The number of aromatic nitrogens is 2. The number of rotatable bonds is 7. The number of ether oxygens (including phenoxy) is 1. The van der Waals surface area contributed by atoms with Crippen LogP contribution in [0.3, 0.4) is 0 Å². The number of benzene rings is 2. The van der Waals surface area contributed by atoms with E-state index in [-0.39, 0.29) is 12.2 Å². The predicted octanol–water partition coefficient (Wildman–Crippen LogP) is 4.29. The average Bonchev–Trinajstić information content (AvgIpc) is 2.77. The molecule has 1 heterocycles. The largest absolute Gasteiger partial charge is 0.445 e. The van der Waals surface area contributed by atoms with Gasteiger partial charge in [0.05, 0.1) is 5.69 Å². The third kappa shape index (κ3) is 5.32. The molecule has 1 N–H and O–H groups in total. The van der Waals surface area contributed by atoms with Gasteiger partial charge in [-0.3, -0.25) is 14.7 Å². The van der Waals surface area contributed by atoms with Crippen molar-refractivity contribution in [2.45, 2.75) is 26.1 Å². The van der Waals surface area contributed by atoms with Gasteiger partial charge in [-0.2, -0.15) is 0 Å². The quantitative estimate of drug-likeness (QED) is 0.539. The monoisotopic (exact) mass is 455 g/mol. The van der Waals surface area contributed by atoms with Crippen molar-refractivity contribution in [3.05, 3.63) is 88.5 Å². The molecule has 3 rings (SSSR count). The van der Waals surface area contributed by atoms with Gasteiger partial charge in [0.2, 0.25) is 0 Å². The highest BCUT2D eigenvalue weighted by atomic mass is 79.9. The summed E-state index contributed by atoms with van der Waals surface area (Å²) < 4.78 is 6.77. The Morgan fingerprint density at radius 2 is 1.79 bits per heavy atom. The van der Waals surface area contributed by atoms with E-state index in [1.807, 2.05) is 67.6 Å². The summed E-state index contributed by atoms with van der Waals surface area (Å²) in [5, 5.41) is 3.08. The van der Waals surface area contributed by atoms with Crippen LogP contribution in [0.4, 0.5) is 4.79 Å². The summed E-state index contributed by atoms with van der Waals surface area (Å²) in [6.07, 6.45) is -0.669. The number of carbonyl (C=O) groups excluding carboxylic acids is 1. The van der Waals surface area contributed by atoms with Gasteiger partial charge in [-0.15, -0.1) is 0 Å². The minimum atomic E-state index is -0.613. The lowest BCUT2D eigenvalue weighted by molar-refractivity contribution is 0.132. The van der Waals surface area contributed by atoms with Crippen LogP contribution >= 0.6 is 15.9 Å². The van der Waals surface area contributed by atoms with Gasteiger partial charge in [0, 0.05) is 23.4 Å². The Balaban J connectivity index is 1.79. The van der Waals surface area contributed by atoms with Crippen LogP contribution in [-0.2, 0) is 17.8 Å². The number of nitrogens with zero attached hydrogens (tertiary/aromatic N) is 2. The smallest absolute Gasteiger partial charge is 0.409 e. The zero-order chi connectivity index (χ0) is 20.6. The van der Waals surface area contributed by atoms with Crippen LogP contribution < -0.4 is 10.9 Å². The molecule has 29 heavy (non-hydrogen) atoms. The minimum Gasteiger partial charge on any atom is -0.445 e. The fourth-order valence-electron chi connectivity index (χ4n) is 2.95. The second kappa shape index (κ2) is 10.0. The Hall–Kier alpha value is -2.93. The van der Waals surface area contributed by atoms with Crippen LogP contribution in [0.2, 0.25) is 0 Å². The number of hydrogen-bond acceptors (Lipinski definition) is 4. The zero-order valence-corrected chi connectivity index (χ0v) is 17.6. The highest BCUT2D eigenvalue weighted by Gasteiger charge is 2.19. The summed E-state index contributed by atoms with van der Waals surface area (Å²) in [4.78, 5) is 29.8. The molecule has 0 aliphatic rings. The molecule has 0 aliphatic carbocycles. The first kappa shape index (κ1) is 20.8. The number of carbonyl (C=O) groups is 1. The van der Waals surface area contributed by atoms with Gasteiger partial charge >= 0.3 is 6.09 Å². The highest BCUT2D eigenvalue weighted by Crippen LogP contribution is 2.17. The van der Waals surface area contributed by atoms with Crippen molar-refractivity contribution in [1.29, 1.82) is 0 Å². The van der Waals surface area contributed by atoms with Gasteiger partial charge in [-0.1, -0.05) is 83.5 Å². The maximum absolute atomic E-state index is 12.9. The molecule has 0 bridgehead atoms. The van der Waals surface area contributed by atoms with Crippen molar-refractivity contribution in [2.24, 2.45) is 0 Å². The average molecular weight is 456 g/mol. The Morgan fingerprint density at radius 1 is 1.14 bits per heavy atom. The van der Waals surface area contributed by atoms with E-state index in [4.69, 9.17) is 4.74 Å². The van der Waals surface area contributed by atoms with Gasteiger partial charge < -0.3 is 4.74 Å². The standard InChI is InChI=1S/C22H22BrN3O3/c1-2-19-24-18(17-11-7-4-8-12-17)13-21(27)26(19)20(14-23)25-22(28)29-15-16-9-5-3-6-10-16/h3-13,20H,2,14-15H2,1H3,(H,25,28). The van der Waals surface area contributed by atoms with Crippen molar-refractivity contribution in [3.8, 4) is 11.3 Å². The van der Waals surface area contributed by atoms with Gasteiger partial charge in [0.1, 0.15) is 18.6 Å². The first-order chi connectivity index (χ1) is 14.1. The van der Waals surface area contributed by atoms with E-state index in [1.165, 1.54) is 10.6 Å². The molecular weight excluding hydrogens is 434 g/mol. The maximum atomic E-state index is 12.9. The minimum absolute atomic E-state index is 0.155. The van der Waals surface area contributed by atoms with E-state index in [0.717, 1.165) is 11.1 Å². The van der Waals surface area contributed by atoms with E-state index in [9.17, 15) is 9.59 Å². The normalized spacial score (nSPS) is 11.7. The topological polar surface area (TPSA) is 73.2 Å². The van der Waals surface area contributed by atoms with E-state index in [1.54, 1.807) is 0 Å². The molecule has 6 nitrogen and oxygen atoms in total. The molecule has 0 aliphatic heterocycles. The molecule has 0 saturated heterocycles. The second-order valence-corrected chi connectivity index (χ2v) is 7.01. The maximum Gasteiger partial charge on any atom is 0.409 e. The van der Waals surface area contributed by atoms with Crippen LogP contribution in [0.25, 0.3) is 11.3 Å². The Bertz CT molecular complexity index is 1010. The molecule has 0 spiro atoms. The van der Waals surface area contributed by atoms with Crippen molar-refractivity contribution < 1.29 is 9.53 Å². The third-order valence-corrected chi connectivity index (χ3v) is 4.98. The summed E-state index contributed by atoms with van der Waals surface area (Å²) in [5.41, 5.74) is 2.14. The first-order valence-electron chi connectivity index (χ1n) is 9.33. The molecule has 0 radical (unpaired) electrons. The fraction of sp³-hybridized carbons (Fsp3) is 0.227. The molecule has 1 amide bonds. The van der Waals surface area contributed by atoms with Crippen LogP contribution in [0, 0.1) is 0 Å². The van der Waals surface area contributed by atoms with Crippen molar-refractivity contribution >= 4 is 22.0 Å². The number of alkyl halides is 1. The van der Waals surface area contributed by atoms with Crippen molar-refractivity contribution in [2.75, 3.05) is 5.33 Å². The van der Waals surface area contributed by atoms with Crippen LogP contribution in [0.1, 0.15) is 24.5 Å². The number of halogens is 1. The molecule has 0 saturated carbocycles. The molecule has 0 fully saturated rings. The van der Waals surface area contributed by atoms with Crippen LogP contribution in [-0.4, -0.2) is 21.0 Å². The number of alkyl carbamates (subject to hydrolysis) is 1. The number of aryl methyl sites for hydroxylation is 1. The lowest BCUT2D eigenvalue weighted by Crippen LogP contribution is -2.40. The summed E-state index contributed by atoms with van der Waals surface area (Å²) in [7, 11) is 0. The second-order valence-electron chi connectivity index (χ2n) is 6.36. The fourth-order valence-corrected chi connectivity index (χ4v) is 3.40. The Kier molecular flexibility index (Phi) is 7.19. The van der Waals surface area contributed by atoms with Gasteiger partial charge in [0.15, 0.2) is 0 Å². The summed E-state index contributed by atoms with van der Waals surface area (Å²) in [6, 6.07) is 20.4. The van der Waals surface area contributed by atoms with Crippen LogP contribution in [0.5, 0.6) is 0 Å². The Morgan fingerprint density at radius 3 is 2.41 bits per heavy atom. The molecule has 1 aromatic heterocycles. The first-order valence-corrected chi connectivity index (χ1v) is 10.5. The predicted molar refractivity (Wildman–Crippen MR) is 116 cm³/mol. The summed E-state index contributed by atoms with van der Waals surface area (Å²) >= 11 is 3.38. The lowest BCUT2D eigenvalue weighted by atomic mass is 10.1. The van der Waals surface area contributed by atoms with Gasteiger partial charge in [-0.25, -0.2) is 9.78 Å². The number of nitrogens with one attached hydrogen (secondary N) is 1. The van der Waals surface area contributed by atoms with E-state index < -0.39 is 12.3 Å². The van der Waals surface area contributed by atoms with Crippen LogP contribution in [0.15, 0.2) is 71.5 Å². The Labute approximate surface area is 177 Å². The summed E-state index contributed by atoms with van der Waals surface area (Å²) in [6.45, 7) is 2.08. The molecule has 2 aromatic carbocycles. The highest BCUT2D eigenvalue weighted by molar-refractivity contribution is 9.09.